The van der Waals surface area contributed by atoms with Crippen molar-refractivity contribution < 1.29 is 11.7 Å². The third-order valence-electron chi connectivity index (χ3n) is 6.98. The highest BCUT2D eigenvalue weighted by Gasteiger charge is 2.24. The lowest BCUT2D eigenvalue weighted by molar-refractivity contribution is -0.660. The Morgan fingerprint density at radius 1 is 0.921 bits per heavy atom. The molecule has 3 heteroatoms. The first-order valence-corrected chi connectivity index (χ1v) is 13.3. The number of fused-ring (bicyclic) bond motifs is 3. The van der Waals surface area contributed by atoms with Crippen LogP contribution in [-0.2, 0) is 19.8 Å². The van der Waals surface area contributed by atoms with E-state index < -0.39 is 6.37 Å². The van der Waals surface area contributed by atoms with Crippen LogP contribution >= 0.6 is 0 Å². The summed E-state index contributed by atoms with van der Waals surface area (Å²) in [4.78, 5) is 0. The SMILES string of the molecule is [2H]C([2H])(c1cc[n+](C)c(-c2c(C)ccc3c2oc2c(-c4ccc(CC(C)(C)C)cc4)c(C#N)ccc23)c1)C(C)C. The van der Waals surface area contributed by atoms with Crippen LogP contribution in [0.25, 0.3) is 44.3 Å². The Bertz CT molecular complexity index is 1780. The van der Waals surface area contributed by atoms with E-state index in [-0.39, 0.29) is 11.3 Å². The minimum atomic E-state index is -1.47. The summed E-state index contributed by atoms with van der Waals surface area (Å²) in [6.45, 7) is 12.6. The molecular weight excluding hydrogens is 464 g/mol. The van der Waals surface area contributed by atoms with Crippen molar-refractivity contribution in [1.82, 2.24) is 0 Å². The van der Waals surface area contributed by atoms with Crippen molar-refractivity contribution in [3.05, 3.63) is 89.1 Å². The lowest BCUT2D eigenvalue weighted by Gasteiger charge is -2.18. The summed E-state index contributed by atoms with van der Waals surface area (Å²) >= 11 is 0. The van der Waals surface area contributed by atoms with E-state index in [4.69, 9.17) is 7.16 Å². The Hall–Kier alpha value is -3.90. The second kappa shape index (κ2) is 9.76. The first-order valence-electron chi connectivity index (χ1n) is 14.3. The van der Waals surface area contributed by atoms with Crippen LogP contribution < -0.4 is 4.57 Å². The monoisotopic (exact) mass is 503 g/mol. The minimum absolute atomic E-state index is 0.169. The van der Waals surface area contributed by atoms with Gasteiger partial charge >= 0.3 is 0 Å². The van der Waals surface area contributed by atoms with Gasteiger partial charge in [-0.1, -0.05) is 71.0 Å². The molecule has 2 heterocycles. The number of hydrogen-bond acceptors (Lipinski definition) is 2. The largest absolute Gasteiger partial charge is 0.454 e. The fraction of sp³-hybridized carbons (Fsp3) is 0.314. The topological polar surface area (TPSA) is 40.8 Å². The molecule has 0 spiro atoms. The van der Waals surface area contributed by atoms with Gasteiger partial charge in [0.2, 0.25) is 5.69 Å². The van der Waals surface area contributed by atoms with E-state index in [0.29, 0.717) is 16.7 Å². The van der Waals surface area contributed by atoms with Crippen molar-refractivity contribution in [3.63, 3.8) is 0 Å². The summed E-state index contributed by atoms with van der Waals surface area (Å²) in [6.07, 6.45) is 1.43. The zero-order valence-electron chi connectivity index (χ0n) is 25.4. The molecule has 0 saturated heterocycles. The molecule has 0 atom stereocenters. The third kappa shape index (κ3) is 4.84. The summed E-state index contributed by atoms with van der Waals surface area (Å²) < 4.78 is 26.1. The number of benzene rings is 3. The summed E-state index contributed by atoms with van der Waals surface area (Å²) in [7, 11) is 1.98. The van der Waals surface area contributed by atoms with Gasteiger partial charge in [0.05, 0.1) is 17.2 Å². The standard InChI is InChI=1S/C35H37N2O/c1-22(2)18-25-16-17-37(7)30(19-25)31-23(3)8-14-28-29-15-13-27(21-36)32(34(29)38-33(28)31)26-11-9-24(10-12-26)20-35(4,5)6/h8-17,19,22H,18,20H2,1-7H3/q+1/i18D2. The second-order valence-electron chi connectivity index (χ2n) is 11.9. The van der Waals surface area contributed by atoms with Gasteiger partial charge < -0.3 is 4.42 Å². The zero-order valence-corrected chi connectivity index (χ0v) is 23.4. The van der Waals surface area contributed by atoms with E-state index in [1.807, 2.05) is 55.9 Å². The molecule has 0 unspecified atom stereocenters. The van der Waals surface area contributed by atoms with Crippen LogP contribution in [0.4, 0.5) is 0 Å². The van der Waals surface area contributed by atoms with Crippen LogP contribution in [0.3, 0.4) is 0 Å². The van der Waals surface area contributed by atoms with Crippen molar-refractivity contribution in [1.29, 1.82) is 5.26 Å². The number of hydrogen-bond donors (Lipinski definition) is 0. The number of nitriles is 1. The maximum atomic E-state index is 10.1. The van der Waals surface area contributed by atoms with Gasteiger partial charge in [-0.05, 0) is 65.4 Å². The lowest BCUT2D eigenvalue weighted by atomic mass is 9.87. The van der Waals surface area contributed by atoms with Gasteiger partial charge in [-0.2, -0.15) is 5.26 Å². The molecule has 3 aromatic carbocycles. The second-order valence-corrected chi connectivity index (χ2v) is 11.9. The molecule has 0 amide bonds. The normalized spacial score (nSPS) is 13.1. The summed E-state index contributed by atoms with van der Waals surface area (Å²) in [6, 6.07) is 22.7. The molecular formula is C35H37N2O+. The average Bonchev–Trinajstić information content (AvgIpc) is 3.26. The van der Waals surface area contributed by atoms with Crippen molar-refractivity contribution in [2.24, 2.45) is 18.4 Å². The molecule has 0 aliphatic carbocycles. The number of nitrogens with zero attached hydrogens (tertiary/aromatic N) is 2. The minimum Gasteiger partial charge on any atom is -0.454 e. The Kier molecular flexibility index (Phi) is 5.97. The molecule has 0 aliphatic rings. The fourth-order valence-electron chi connectivity index (χ4n) is 5.34. The molecule has 0 N–H and O–H groups in total. The molecule has 38 heavy (non-hydrogen) atoms. The quantitative estimate of drug-likeness (QED) is 0.225. The van der Waals surface area contributed by atoms with Crippen molar-refractivity contribution in [3.8, 4) is 28.5 Å². The Balaban J connectivity index is 1.76. The fourth-order valence-corrected chi connectivity index (χ4v) is 5.34. The van der Waals surface area contributed by atoms with Gasteiger partial charge in [0, 0.05) is 31.2 Å². The van der Waals surface area contributed by atoms with Crippen LogP contribution in [0.5, 0.6) is 0 Å². The van der Waals surface area contributed by atoms with Crippen molar-refractivity contribution >= 4 is 21.9 Å². The van der Waals surface area contributed by atoms with E-state index in [1.54, 1.807) is 0 Å². The van der Waals surface area contributed by atoms with Crippen LogP contribution in [-0.4, -0.2) is 0 Å². The van der Waals surface area contributed by atoms with Crippen molar-refractivity contribution in [2.45, 2.75) is 54.3 Å². The molecule has 192 valence electrons. The maximum Gasteiger partial charge on any atom is 0.216 e. The number of aryl methyl sites for hydroxylation is 2. The summed E-state index contributed by atoms with van der Waals surface area (Å²) in [5.41, 5.74) is 8.73. The summed E-state index contributed by atoms with van der Waals surface area (Å²) in [5, 5.41) is 12.0. The molecule has 0 saturated carbocycles. The van der Waals surface area contributed by atoms with Crippen LogP contribution in [0.2, 0.25) is 0 Å². The highest BCUT2D eigenvalue weighted by molar-refractivity contribution is 6.14. The van der Waals surface area contributed by atoms with E-state index >= 15 is 0 Å². The van der Waals surface area contributed by atoms with Gasteiger partial charge in [0.1, 0.15) is 18.2 Å². The molecule has 0 radical (unpaired) electrons. The predicted molar refractivity (Wildman–Crippen MR) is 157 cm³/mol. The van der Waals surface area contributed by atoms with E-state index in [0.717, 1.165) is 50.7 Å². The molecule has 0 bridgehead atoms. The van der Waals surface area contributed by atoms with Gasteiger partial charge in [-0.15, -0.1) is 0 Å². The van der Waals surface area contributed by atoms with Gasteiger partial charge in [-0.3, -0.25) is 0 Å². The van der Waals surface area contributed by atoms with E-state index in [1.165, 1.54) is 5.56 Å². The van der Waals surface area contributed by atoms with Gasteiger partial charge in [0.25, 0.3) is 0 Å². The first kappa shape index (κ1) is 23.2. The first-order chi connectivity index (χ1) is 18.8. The van der Waals surface area contributed by atoms with Crippen LogP contribution in [0.1, 0.15) is 59.6 Å². The zero-order chi connectivity index (χ0) is 29.0. The van der Waals surface area contributed by atoms with Crippen molar-refractivity contribution in [2.75, 3.05) is 0 Å². The Labute approximate surface area is 229 Å². The van der Waals surface area contributed by atoms with Gasteiger partial charge in [-0.25, -0.2) is 4.57 Å². The highest BCUT2D eigenvalue weighted by Crippen LogP contribution is 2.42. The Morgan fingerprint density at radius 3 is 2.21 bits per heavy atom. The molecule has 5 rings (SSSR count). The summed E-state index contributed by atoms with van der Waals surface area (Å²) in [5.74, 6) is -0.169. The number of pyridine rings is 1. The molecule has 3 nitrogen and oxygen atoms in total. The number of rotatable bonds is 5. The molecule has 0 aliphatic heterocycles. The molecule has 2 aromatic heterocycles. The smallest absolute Gasteiger partial charge is 0.216 e. The molecule has 0 fully saturated rings. The van der Waals surface area contributed by atoms with E-state index in [2.05, 4.69) is 70.2 Å². The van der Waals surface area contributed by atoms with Gasteiger partial charge in [0.15, 0.2) is 6.20 Å². The average molecular weight is 504 g/mol. The lowest BCUT2D eigenvalue weighted by Crippen LogP contribution is -2.31. The number of aromatic nitrogens is 1. The Morgan fingerprint density at radius 2 is 1.58 bits per heavy atom. The van der Waals surface area contributed by atoms with Crippen LogP contribution in [0, 0.1) is 29.6 Å². The maximum absolute atomic E-state index is 10.1. The molecule has 5 aromatic rings. The predicted octanol–water partition coefficient (Wildman–Crippen LogP) is 8.71. The van der Waals surface area contributed by atoms with Crippen LogP contribution in [0.15, 0.2) is 71.3 Å². The van der Waals surface area contributed by atoms with E-state index in [9.17, 15) is 5.26 Å². The highest BCUT2D eigenvalue weighted by atomic mass is 16.3. The third-order valence-corrected chi connectivity index (χ3v) is 6.98. The number of furan rings is 1.